The minimum absolute atomic E-state index is 0.133. The smallest absolute Gasteiger partial charge is 0.276 e. The molecule has 1 N–H and O–H groups in total. The minimum Gasteiger partial charge on any atom is -0.497 e. The number of carbonyl (C=O) groups is 1. The van der Waals surface area contributed by atoms with Crippen molar-refractivity contribution >= 4 is 32.6 Å². The van der Waals surface area contributed by atoms with Gasteiger partial charge in [0.05, 0.1) is 23.5 Å². The number of halogens is 1. The lowest BCUT2D eigenvalue weighted by Crippen LogP contribution is -2.13. The van der Waals surface area contributed by atoms with Crippen LogP contribution in [0.15, 0.2) is 36.5 Å². The fourth-order valence-electron chi connectivity index (χ4n) is 1.76. The highest BCUT2D eigenvalue weighted by atomic mass is 32.1. The van der Waals surface area contributed by atoms with Crippen LogP contribution in [0.4, 0.5) is 9.52 Å². The van der Waals surface area contributed by atoms with E-state index in [0.29, 0.717) is 5.13 Å². The molecule has 0 spiro atoms. The highest BCUT2D eigenvalue weighted by Gasteiger charge is 2.11. The molecule has 5 nitrogen and oxygen atoms in total. The molecule has 0 unspecified atom stereocenters. The third-order valence-corrected chi connectivity index (χ3v) is 3.71. The van der Waals surface area contributed by atoms with Crippen molar-refractivity contribution in [3.05, 3.63) is 48.0 Å². The van der Waals surface area contributed by atoms with Gasteiger partial charge in [0.1, 0.15) is 17.3 Å². The van der Waals surface area contributed by atoms with Gasteiger partial charge in [-0.15, -0.1) is 0 Å². The molecule has 1 amide bonds. The number of rotatable bonds is 3. The third-order valence-electron chi connectivity index (χ3n) is 2.78. The van der Waals surface area contributed by atoms with Crippen molar-refractivity contribution in [2.75, 3.05) is 12.4 Å². The Balaban J connectivity index is 1.84. The number of hydrogen-bond donors (Lipinski definition) is 1. The van der Waals surface area contributed by atoms with Gasteiger partial charge < -0.3 is 4.74 Å². The fraction of sp³-hybridized carbons (Fsp3) is 0.0714. The Morgan fingerprint density at radius 1 is 1.33 bits per heavy atom. The second-order valence-corrected chi connectivity index (χ2v) is 5.20. The molecule has 2 aromatic heterocycles. The zero-order valence-electron chi connectivity index (χ0n) is 11.0. The number of benzene rings is 1. The van der Waals surface area contributed by atoms with Gasteiger partial charge in [-0.1, -0.05) is 11.3 Å². The molecule has 7 heteroatoms. The monoisotopic (exact) mass is 302 g/mol. The first-order chi connectivity index (χ1) is 10.2. The number of methoxy groups -OCH3 is 1. The van der Waals surface area contributed by atoms with E-state index in [1.807, 2.05) is 12.1 Å². The summed E-state index contributed by atoms with van der Waals surface area (Å²) >= 11 is 1.33. The highest BCUT2D eigenvalue weighted by Crippen LogP contribution is 2.29. The average Bonchev–Trinajstić information content (AvgIpc) is 2.88. The molecular formula is C14H10FN3O2S. The van der Waals surface area contributed by atoms with Gasteiger partial charge in [-0.05, 0) is 30.3 Å². The Hall–Kier alpha value is -2.54. The molecule has 3 aromatic rings. The first-order valence-electron chi connectivity index (χ1n) is 6.03. The summed E-state index contributed by atoms with van der Waals surface area (Å²) in [7, 11) is 1.59. The Kier molecular flexibility index (Phi) is 3.49. The van der Waals surface area contributed by atoms with E-state index in [-0.39, 0.29) is 5.69 Å². The summed E-state index contributed by atoms with van der Waals surface area (Å²) in [5, 5.41) is 3.10. The maximum atomic E-state index is 12.8. The molecule has 0 aliphatic heterocycles. The van der Waals surface area contributed by atoms with Crippen molar-refractivity contribution in [1.29, 1.82) is 0 Å². The second-order valence-electron chi connectivity index (χ2n) is 4.17. The number of fused-ring (bicyclic) bond motifs is 1. The van der Waals surface area contributed by atoms with Gasteiger partial charge >= 0.3 is 0 Å². The van der Waals surface area contributed by atoms with Crippen LogP contribution in [0.1, 0.15) is 10.5 Å². The lowest BCUT2D eigenvalue weighted by molar-refractivity contribution is 0.102. The summed E-state index contributed by atoms with van der Waals surface area (Å²) in [5.41, 5.74) is 0.899. The second kappa shape index (κ2) is 5.45. The van der Waals surface area contributed by atoms with E-state index in [0.717, 1.165) is 22.2 Å². The molecule has 0 atom stereocenters. The number of amides is 1. The zero-order chi connectivity index (χ0) is 14.8. The van der Waals surface area contributed by atoms with Crippen LogP contribution in [0.2, 0.25) is 0 Å². The van der Waals surface area contributed by atoms with Gasteiger partial charge in [0.15, 0.2) is 5.13 Å². The fourth-order valence-corrected chi connectivity index (χ4v) is 2.65. The molecule has 2 heterocycles. The molecule has 106 valence electrons. The standard InChI is InChI=1S/C14H10FN3O2S/c1-20-9-3-5-10-12(6-9)21-14(17-10)18-13(19)11-4-2-8(15)7-16-11/h2-7H,1H3,(H,17,18,19)/i15-1. The van der Waals surface area contributed by atoms with Crippen molar-refractivity contribution in [3.63, 3.8) is 0 Å². The maximum absolute atomic E-state index is 12.8. The van der Waals surface area contributed by atoms with E-state index in [4.69, 9.17) is 4.74 Å². The lowest BCUT2D eigenvalue weighted by atomic mass is 10.3. The molecule has 0 radical (unpaired) electrons. The van der Waals surface area contributed by atoms with Crippen LogP contribution in [0.3, 0.4) is 0 Å². The van der Waals surface area contributed by atoms with E-state index < -0.39 is 11.7 Å². The Labute approximate surface area is 123 Å². The third kappa shape index (κ3) is 2.82. The minimum atomic E-state index is -0.487. The van der Waals surface area contributed by atoms with Crippen molar-refractivity contribution in [3.8, 4) is 5.75 Å². The number of carbonyl (C=O) groups excluding carboxylic acids is 1. The van der Waals surface area contributed by atoms with Gasteiger partial charge in [-0.2, -0.15) is 0 Å². The SMILES string of the molecule is COc1ccc2nc(NC(=O)c3ccc([18F])cn3)sc2c1. The highest BCUT2D eigenvalue weighted by molar-refractivity contribution is 7.22. The van der Waals surface area contributed by atoms with Crippen LogP contribution in [-0.2, 0) is 0 Å². The number of aromatic nitrogens is 2. The molecule has 0 saturated heterocycles. The Morgan fingerprint density at radius 2 is 2.19 bits per heavy atom. The van der Waals surface area contributed by atoms with Crippen LogP contribution in [0.25, 0.3) is 10.2 Å². The molecular weight excluding hydrogens is 292 g/mol. The molecule has 0 fully saturated rings. The first kappa shape index (κ1) is 13.4. The summed E-state index contributed by atoms with van der Waals surface area (Å²) in [6, 6.07) is 7.97. The number of pyridine rings is 1. The van der Waals surface area contributed by atoms with E-state index >= 15 is 0 Å². The first-order valence-corrected chi connectivity index (χ1v) is 6.85. The largest absolute Gasteiger partial charge is 0.497 e. The van der Waals surface area contributed by atoms with E-state index in [1.165, 1.54) is 23.5 Å². The van der Waals surface area contributed by atoms with Crippen LogP contribution < -0.4 is 10.1 Å². The van der Waals surface area contributed by atoms with Gasteiger partial charge in [-0.25, -0.2) is 14.4 Å². The Bertz CT molecular complexity index is 802. The van der Waals surface area contributed by atoms with E-state index in [9.17, 15) is 9.18 Å². The summed E-state index contributed by atoms with van der Waals surface area (Å²) in [6.45, 7) is 0. The molecule has 0 aliphatic rings. The number of nitrogens with one attached hydrogen (secondary N) is 1. The van der Waals surface area contributed by atoms with Crippen LogP contribution in [-0.4, -0.2) is 23.0 Å². The van der Waals surface area contributed by atoms with Gasteiger partial charge in [-0.3, -0.25) is 10.1 Å². The van der Waals surface area contributed by atoms with Crippen LogP contribution in [0, 0.1) is 5.82 Å². The molecule has 21 heavy (non-hydrogen) atoms. The number of anilines is 1. The quantitative estimate of drug-likeness (QED) is 0.807. The lowest BCUT2D eigenvalue weighted by Gasteiger charge is -1.99. The molecule has 0 aliphatic carbocycles. The molecule has 0 bridgehead atoms. The maximum Gasteiger partial charge on any atom is 0.276 e. The number of thiazole rings is 1. The van der Waals surface area contributed by atoms with Crippen LogP contribution >= 0.6 is 11.3 Å². The van der Waals surface area contributed by atoms with Crippen molar-refractivity contribution in [2.45, 2.75) is 0 Å². The topological polar surface area (TPSA) is 64.1 Å². The predicted octanol–water partition coefficient (Wildman–Crippen LogP) is 3.09. The van der Waals surface area contributed by atoms with Gasteiger partial charge in [0, 0.05) is 0 Å². The van der Waals surface area contributed by atoms with Crippen molar-refractivity contribution in [1.82, 2.24) is 9.97 Å². The number of hydrogen-bond acceptors (Lipinski definition) is 5. The van der Waals surface area contributed by atoms with Gasteiger partial charge in [0.2, 0.25) is 0 Å². The Morgan fingerprint density at radius 3 is 2.90 bits per heavy atom. The summed E-state index contributed by atoms with van der Waals surface area (Å²) in [6.07, 6.45) is 0.998. The van der Waals surface area contributed by atoms with Gasteiger partial charge in [0.25, 0.3) is 5.91 Å². The summed E-state index contributed by atoms with van der Waals surface area (Å²) in [4.78, 5) is 20.0. The summed E-state index contributed by atoms with van der Waals surface area (Å²) < 4.78 is 18.8. The number of nitrogens with zero attached hydrogens (tertiary/aromatic N) is 2. The van der Waals surface area contributed by atoms with E-state index in [2.05, 4.69) is 15.3 Å². The van der Waals surface area contributed by atoms with Crippen molar-refractivity contribution in [2.24, 2.45) is 0 Å². The zero-order valence-corrected chi connectivity index (χ0v) is 11.8. The van der Waals surface area contributed by atoms with Crippen molar-refractivity contribution < 1.29 is 13.9 Å². The average molecular weight is 302 g/mol. The molecule has 1 aromatic carbocycles. The number of ether oxygens (including phenoxy) is 1. The molecule has 3 rings (SSSR count). The summed E-state index contributed by atoms with van der Waals surface area (Å²) in [5.74, 6) is -0.191. The predicted molar refractivity (Wildman–Crippen MR) is 78.3 cm³/mol. The normalized spacial score (nSPS) is 10.6. The van der Waals surface area contributed by atoms with Crippen LogP contribution in [0.5, 0.6) is 5.75 Å². The molecule has 0 saturated carbocycles. The van der Waals surface area contributed by atoms with E-state index in [1.54, 1.807) is 13.2 Å².